The van der Waals surface area contributed by atoms with Crippen LogP contribution in [0, 0.1) is 6.92 Å². The number of benzene rings is 1. The van der Waals surface area contributed by atoms with Gasteiger partial charge in [-0.15, -0.1) is 0 Å². The fourth-order valence-electron chi connectivity index (χ4n) is 1.76. The number of hydrogen-bond donors (Lipinski definition) is 1. The molecule has 1 heterocycles. The van der Waals surface area contributed by atoms with E-state index in [1.165, 1.54) is 5.56 Å². The standard InChI is InChI=1S/C14H18BrN3/c1-10(2)16-9-13-4-5-18(17-13)14-7-11(3)6-12(15)8-14/h4-8,10,16H,9H2,1-3H3. The lowest BCUT2D eigenvalue weighted by molar-refractivity contribution is 0.578. The van der Waals surface area contributed by atoms with Crippen molar-refractivity contribution in [2.45, 2.75) is 33.4 Å². The first-order chi connectivity index (χ1) is 8.54. The van der Waals surface area contributed by atoms with Crippen molar-refractivity contribution in [1.29, 1.82) is 0 Å². The molecule has 1 N–H and O–H groups in total. The lowest BCUT2D eigenvalue weighted by Gasteiger charge is -2.06. The molecule has 1 aromatic heterocycles. The van der Waals surface area contributed by atoms with Crippen LogP contribution >= 0.6 is 15.9 Å². The first kappa shape index (κ1) is 13.3. The molecule has 0 saturated carbocycles. The van der Waals surface area contributed by atoms with E-state index in [4.69, 9.17) is 0 Å². The molecule has 0 fully saturated rings. The van der Waals surface area contributed by atoms with Crippen molar-refractivity contribution in [3.8, 4) is 5.69 Å². The van der Waals surface area contributed by atoms with Crippen LogP contribution in [0.1, 0.15) is 25.1 Å². The molecule has 2 rings (SSSR count). The molecule has 96 valence electrons. The van der Waals surface area contributed by atoms with Crippen molar-refractivity contribution in [2.24, 2.45) is 0 Å². The molecule has 0 aliphatic heterocycles. The van der Waals surface area contributed by atoms with Crippen LogP contribution in [0.5, 0.6) is 0 Å². The van der Waals surface area contributed by atoms with E-state index in [1.54, 1.807) is 0 Å². The minimum absolute atomic E-state index is 0.475. The van der Waals surface area contributed by atoms with Gasteiger partial charge < -0.3 is 5.32 Å². The van der Waals surface area contributed by atoms with Crippen LogP contribution in [0.15, 0.2) is 34.9 Å². The summed E-state index contributed by atoms with van der Waals surface area (Å²) >= 11 is 3.51. The maximum Gasteiger partial charge on any atom is 0.0766 e. The molecule has 0 amide bonds. The number of nitrogens with zero attached hydrogens (tertiary/aromatic N) is 2. The highest BCUT2D eigenvalue weighted by Crippen LogP contribution is 2.18. The molecule has 4 heteroatoms. The van der Waals surface area contributed by atoms with E-state index in [0.717, 1.165) is 22.4 Å². The van der Waals surface area contributed by atoms with Gasteiger partial charge in [-0.05, 0) is 36.8 Å². The highest BCUT2D eigenvalue weighted by Gasteiger charge is 2.03. The summed E-state index contributed by atoms with van der Waals surface area (Å²) in [4.78, 5) is 0. The minimum Gasteiger partial charge on any atom is -0.309 e. The summed E-state index contributed by atoms with van der Waals surface area (Å²) in [6, 6.07) is 8.81. The first-order valence-electron chi connectivity index (χ1n) is 6.10. The lowest BCUT2D eigenvalue weighted by atomic mass is 10.2. The summed E-state index contributed by atoms with van der Waals surface area (Å²) in [5.41, 5.74) is 3.36. The molecule has 0 spiro atoms. The third-order valence-corrected chi connectivity index (χ3v) is 3.08. The molecular formula is C14H18BrN3. The monoisotopic (exact) mass is 307 g/mol. The van der Waals surface area contributed by atoms with E-state index < -0.39 is 0 Å². The average Bonchev–Trinajstić information content (AvgIpc) is 2.73. The van der Waals surface area contributed by atoms with E-state index in [2.05, 4.69) is 65.3 Å². The van der Waals surface area contributed by atoms with Gasteiger partial charge in [0.25, 0.3) is 0 Å². The molecule has 0 radical (unpaired) electrons. The molecule has 0 bridgehead atoms. The number of nitrogens with one attached hydrogen (secondary N) is 1. The summed E-state index contributed by atoms with van der Waals surface area (Å²) in [6.45, 7) is 7.15. The van der Waals surface area contributed by atoms with E-state index in [-0.39, 0.29) is 0 Å². The number of aromatic nitrogens is 2. The maximum atomic E-state index is 4.57. The Morgan fingerprint density at radius 3 is 2.78 bits per heavy atom. The van der Waals surface area contributed by atoms with Crippen molar-refractivity contribution < 1.29 is 0 Å². The Labute approximate surface area is 116 Å². The highest BCUT2D eigenvalue weighted by atomic mass is 79.9. The van der Waals surface area contributed by atoms with Gasteiger partial charge in [-0.2, -0.15) is 5.10 Å². The van der Waals surface area contributed by atoms with Gasteiger partial charge in [-0.1, -0.05) is 29.8 Å². The second kappa shape index (κ2) is 5.67. The quantitative estimate of drug-likeness (QED) is 0.937. The molecule has 0 aliphatic carbocycles. The predicted molar refractivity (Wildman–Crippen MR) is 78.0 cm³/mol. The third-order valence-electron chi connectivity index (χ3n) is 2.63. The lowest BCUT2D eigenvalue weighted by Crippen LogP contribution is -2.22. The number of aryl methyl sites for hydroxylation is 1. The fraction of sp³-hybridized carbons (Fsp3) is 0.357. The Kier molecular flexibility index (Phi) is 4.19. The summed E-state index contributed by atoms with van der Waals surface area (Å²) in [5, 5.41) is 7.93. The molecule has 2 aromatic rings. The molecule has 3 nitrogen and oxygen atoms in total. The van der Waals surface area contributed by atoms with Crippen LogP contribution in [0.4, 0.5) is 0 Å². The van der Waals surface area contributed by atoms with Crippen LogP contribution < -0.4 is 5.32 Å². The molecule has 0 unspecified atom stereocenters. The van der Waals surface area contributed by atoms with Gasteiger partial charge in [0, 0.05) is 23.3 Å². The molecule has 18 heavy (non-hydrogen) atoms. The SMILES string of the molecule is Cc1cc(Br)cc(-n2ccc(CNC(C)C)n2)c1. The van der Waals surface area contributed by atoms with Crippen LogP contribution in [0.25, 0.3) is 5.69 Å². The highest BCUT2D eigenvalue weighted by molar-refractivity contribution is 9.10. The van der Waals surface area contributed by atoms with Crippen LogP contribution in [-0.2, 0) is 6.54 Å². The molecule has 0 saturated heterocycles. The fourth-order valence-corrected chi connectivity index (χ4v) is 2.35. The molecule has 0 atom stereocenters. The van der Waals surface area contributed by atoms with Crippen molar-refractivity contribution in [3.05, 3.63) is 46.2 Å². The second-order valence-corrected chi connectivity index (χ2v) is 5.69. The zero-order valence-corrected chi connectivity index (χ0v) is 12.5. The Bertz CT molecular complexity index is 511. The van der Waals surface area contributed by atoms with E-state index in [1.807, 2.05) is 16.9 Å². The second-order valence-electron chi connectivity index (χ2n) is 4.77. The van der Waals surface area contributed by atoms with Crippen LogP contribution in [0.3, 0.4) is 0 Å². The topological polar surface area (TPSA) is 29.9 Å². The number of halogens is 1. The summed E-state index contributed by atoms with van der Waals surface area (Å²) in [6.07, 6.45) is 2.00. The summed E-state index contributed by atoms with van der Waals surface area (Å²) in [7, 11) is 0. The van der Waals surface area contributed by atoms with Gasteiger partial charge in [0.2, 0.25) is 0 Å². The average molecular weight is 308 g/mol. The smallest absolute Gasteiger partial charge is 0.0766 e. The van der Waals surface area contributed by atoms with Crippen LogP contribution in [-0.4, -0.2) is 15.8 Å². The predicted octanol–water partition coefficient (Wildman–Crippen LogP) is 3.44. The number of rotatable bonds is 4. The zero-order valence-electron chi connectivity index (χ0n) is 10.9. The summed E-state index contributed by atoms with van der Waals surface area (Å²) in [5.74, 6) is 0. The third kappa shape index (κ3) is 3.43. The molecular weight excluding hydrogens is 290 g/mol. The Balaban J connectivity index is 2.18. The molecule has 0 aliphatic rings. The van der Waals surface area contributed by atoms with Crippen LogP contribution in [0.2, 0.25) is 0 Å². The first-order valence-corrected chi connectivity index (χ1v) is 6.89. The van der Waals surface area contributed by atoms with E-state index in [9.17, 15) is 0 Å². The van der Waals surface area contributed by atoms with Gasteiger partial charge in [0.05, 0.1) is 11.4 Å². The number of hydrogen-bond acceptors (Lipinski definition) is 2. The zero-order chi connectivity index (χ0) is 13.1. The van der Waals surface area contributed by atoms with Crippen molar-refractivity contribution >= 4 is 15.9 Å². The van der Waals surface area contributed by atoms with E-state index in [0.29, 0.717) is 6.04 Å². The summed E-state index contributed by atoms with van der Waals surface area (Å²) < 4.78 is 2.99. The van der Waals surface area contributed by atoms with Crippen molar-refractivity contribution in [3.63, 3.8) is 0 Å². The normalized spacial score (nSPS) is 11.2. The van der Waals surface area contributed by atoms with Gasteiger partial charge in [-0.3, -0.25) is 0 Å². The Morgan fingerprint density at radius 2 is 2.11 bits per heavy atom. The van der Waals surface area contributed by atoms with Gasteiger partial charge in [0.1, 0.15) is 0 Å². The maximum absolute atomic E-state index is 4.57. The van der Waals surface area contributed by atoms with E-state index >= 15 is 0 Å². The van der Waals surface area contributed by atoms with Crippen molar-refractivity contribution in [1.82, 2.24) is 15.1 Å². The Morgan fingerprint density at radius 1 is 1.33 bits per heavy atom. The Hall–Kier alpha value is -1.13. The molecule has 1 aromatic carbocycles. The van der Waals surface area contributed by atoms with Gasteiger partial charge in [-0.25, -0.2) is 4.68 Å². The van der Waals surface area contributed by atoms with Gasteiger partial charge in [0.15, 0.2) is 0 Å². The van der Waals surface area contributed by atoms with Crippen molar-refractivity contribution in [2.75, 3.05) is 0 Å². The largest absolute Gasteiger partial charge is 0.309 e. The van der Waals surface area contributed by atoms with Gasteiger partial charge >= 0.3 is 0 Å². The minimum atomic E-state index is 0.475.